The van der Waals surface area contributed by atoms with Gasteiger partial charge in [-0.2, -0.15) is 0 Å². The van der Waals surface area contributed by atoms with Gasteiger partial charge in [-0.1, -0.05) is 6.92 Å². The molecule has 0 unspecified atom stereocenters. The highest BCUT2D eigenvalue weighted by Gasteiger charge is 2.13. The number of aromatic nitrogens is 4. The summed E-state index contributed by atoms with van der Waals surface area (Å²) in [5.74, 6) is 0.475. The lowest BCUT2D eigenvalue weighted by atomic mass is 10.1. The molecule has 3 aromatic rings. The molecule has 0 fully saturated rings. The third-order valence-electron chi connectivity index (χ3n) is 4.22. The number of benzene rings is 1. The maximum atomic E-state index is 12.5. The first kappa shape index (κ1) is 16.8. The number of aryl methyl sites for hydroxylation is 3. The van der Waals surface area contributed by atoms with E-state index in [4.69, 9.17) is 0 Å². The van der Waals surface area contributed by atoms with E-state index in [2.05, 4.69) is 20.3 Å². The molecule has 0 saturated carbocycles. The number of imidazole rings is 1. The van der Waals surface area contributed by atoms with Crippen LogP contribution in [0.1, 0.15) is 40.2 Å². The van der Waals surface area contributed by atoms with Gasteiger partial charge in [-0.25, -0.2) is 15.0 Å². The molecule has 0 atom stereocenters. The SMILES string of the molecule is CCc1nc(C)ncc1C(=O)Nc1ccc(-n2cnc(C)c2C)cc1. The second-order valence-corrected chi connectivity index (χ2v) is 5.92. The Morgan fingerprint density at radius 3 is 2.44 bits per heavy atom. The van der Waals surface area contributed by atoms with Gasteiger partial charge in [-0.3, -0.25) is 4.79 Å². The number of amides is 1. The van der Waals surface area contributed by atoms with Crippen molar-refractivity contribution in [2.75, 3.05) is 5.32 Å². The Morgan fingerprint density at radius 1 is 1.12 bits per heavy atom. The predicted octanol–water partition coefficient (Wildman–Crippen LogP) is 3.40. The van der Waals surface area contributed by atoms with E-state index in [1.807, 2.05) is 56.5 Å². The van der Waals surface area contributed by atoms with Crippen molar-refractivity contribution in [3.63, 3.8) is 0 Å². The third-order valence-corrected chi connectivity index (χ3v) is 4.22. The number of carbonyl (C=O) groups is 1. The maximum absolute atomic E-state index is 12.5. The molecule has 2 heterocycles. The van der Waals surface area contributed by atoms with Crippen molar-refractivity contribution in [1.82, 2.24) is 19.5 Å². The summed E-state index contributed by atoms with van der Waals surface area (Å²) in [7, 11) is 0. The topological polar surface area (TPSA) is 72.7 Å². The fourth-order valence-electron chi connectivity index (χ4n) is 2.64. The minimum absolute atomic E-state index is 0.195. The number of hydrogen-bond acceptors (Lipinski definition) is 4. The number of nitrogens with zero attached hydrogens (tertiary/aromatic N) is 4. The zero-order valence-corrected chi connectivity index (χ0v) is 14.9. The van der Waals surface area contributed by atoms with Crippen molar-refractivity contribution in [3.8, 4) is 5.69 Å². The van der Waals surface area contributed by atoms with E-state index >= 15 is 0 Å². The fraction of sp³-hybridized carbons (Fsp3) is 0.263. The average Bonchev–Trinajstić information content (AvgIpc) is 2.94. The van der Waals surface area contributed by atoms with Crippen molar-refractivity contribution in [3.05, 3.63) is 65.3 Å². The minimum Gasteiger partial charge on any atom is -0.322 e. The lowest BCUT2D eigenvalue weighted by Gasteiger charge is -2.10. The second kappa shape index (κ2) is 6.84. The van der Waals surface area contributed by atoms with Gasteiger partial charge in [-0.05, 0) is 51.5 Å². The quantitative estimate of drug-likeness (QED) is 0.793. The molecule has 0 aliphatic rings. The molecule has 2 aromatic heterocycles. The zero-order chi connectivity index (χ0) is 18.0. The summed E-state index contributed by atoms with van der Waals surface area (Å²) < 4.78 is 2.02. The molecular formula is C19H21N5O. The molecule has 128 valence electrons. The molecular weight excluding hydrogens is 314 g/mol. The molecule has 1 amide bonds. The smallest absolute Gasteiger partial charge is 0.259 e. The molecule has 0 aliphatic heterocycles. The van der Waals surface area contributed by atoms with Gasteiger partial charge in [0.15, 0.2) is 0 Å². The van der Waals surface area contributed by atoms with Crippen LogP contribution in [0.3, 0.4) is 0 Å². The van der Waals surface area contributed by atoms with Crippen molar-refractivity contribution in [2.45, 2.75) is 34.1 Å². The summed E-state index contributed by atoms with van der Waals surface area (Å²) in [6, 6.07) is 7.66. The van der Waals surface area contributed by atoms with Gasteiger partial charge in [0.2, 0.25) is 0 Å². The third kappa shape index (κ3) is 3.42. The van der Waals surface area contributed by atoms with Crippen LogP contribution in [0.5, 0.6) is 0 Å². The number of hydrogen-bond donors (Lipinski definition) is 1. The molecule has 3 rings (SSSR count). The Labute approximate surface area is 147 Å². The molecule has 0 radical (unpaired) electrons. The normalized spacial score (nSPS) is 10.7. The van der Waals surface area contributed by atoms with E-state index in [1.165, 1.54) is 0 Å². The highest BCUT2D eigenvalue weighted by atomic mass is 16.1. The molecule has 0 aliphatic carbocycles. The summed E-state index contributed by atoms with van der Waals surface area (Å²) in [4.78, 5) is 25.3. The van der Waals surface area contributed by atoms with E-state index in [0.717, 1.165) is 28.5 Å². The van der Waals surface area contributed by atoms with Gasteiger partial charge in [-0.15, -0.1) is 0 Å². The monoisotopic (exact) mass is 335 g/mol. The summed E-state index contributed by atoms with van der Waals surface area (Å²) in [6.45, 7) is 7.80. The van der Waals surface area contributed by atoms with E-state index in [-0.39, 0.29) is 5.91 Å². The number of rotatable bonds is 4. The van der Waals surface area contributed by atoms with Crippen LogP contribution in [-0.4, -0.2) is 25.4 Å². The molecule has 0 bridgehead atoms. The highest BCUT2D eigenvalue weighted by Crippen LogP contribution is 2.18. The van der Waals surface area contributed by atoms with Crippen LogP contribution in [0.15, 0.2) is 36.8 Å². The number of nitrogens with one attached hydrogen (secondary N) is 1. The van der Waals surface area contributed by atoms with Crippen LogP contribution in [0.2, 0.25) is 0 Å². The number of carbonyl (C=O) groups excluding carboxylic acids is 1. The van der Waals surface area contributed by atoms with E-state index < -0.39 is 0 Å². The Kier molecular flexibility index (Phi) is 4.61. The molecule has 1 N–H and O–H groups in total. The van der Waals surface area contributed by atoms with Crippen molar-refractivity contribution in [2.24, 2.45) is 0 Å². The Balaban J connectivity index is 1.80. The van der Waals surface area contributed by atoms with E-state index in [0.29, 0.717) is 17.8 Å². The molecule has 6 nitrogen and oxygen atoms in total. The van der Waals surface area contributed by atoms with Crippen LogP contribution in [0, 0.1) is 20.8 Å². The van der Waals surface area contributed by atoms with Gasteiger partial charge in [0.05, 0.1) is 23.3 Å². The summed E-state index contributed by atoms with van der Waals surface area (Å²) in [6.07, 6.45) is 4.07. The van der Waals surface area contributed by atoms with E-state index in [9.17, 15) is 4.79 Å². The summed E-state index contributed by atoms with van der Waals surface area (Å²) in [5, 5.41) is 2.91. The van der Waals surface area contributed by atoms with Crippen LogP contribution >= 0.6 is 0 Å². The highest BCUT2D eigenvalue weighted by molar-refractivity contribution is 6.04. The first-order chi connectivity index (χ1) is 12.0. The van der Waals surface area contributed by atoms with Gasteiger partial charge >= 0.3 is 0 Å². The van der Waals surface area contributed by atoms with Gasteiger partial charge in [0.1, 0.15) is 5.82 Å². The lowest BCUT2D eigenvalue weighted by molar-refractivity contribution is 0.102. The molecule has 25 heavy (non-hydrogen) atoms. The zero-order valence-electron chi connectivity index (χ0n) is 14.9. The predicted molar refractivity (Wildman–Crippen MR) is 97.1 cm³/mol. The van der Waals surface area contributed by atoms with Crippen LogP contribution < -0.4 is 5.32 Å². The first-order valence-electron chi connectivity index (χ1n) is 8.24. The minimum atomic E-state index is -0.195. The Bertz CT molecular complexity index is 912. The molecule has 1 aromatic carbocycles. The summed E-state index contributed by atoms with van der Waals surface area (Å²) >= 11 is 0. The number of anilines is 1. The van der Waals surface area contributed by atoms with Crippen molar-refractivity contribution in [1.29, 1.82) is 0 Å². The maximum Gasteiger partial charge on any atom is 0.259 e. The van der Waals surface area contributed by atoms with Crippen molar-refractivity contribution >= 4 is 11.6 Å². The average molecular weight is 335 g/mol. The molecule has 0 spiro atoms. The second-order valence-electron chi connectivity index (χ2n) is 5.92. The Morgan fingerprint density at radius 2 is 1.84 bits per heavy atom. The van der Waals surface area contributed by atoms with E-state index in [1.54, 1.807) is 12.5 Å². The fourth-order valence-corrected chi connectivity index (χ4v) is 2.64. The van der Waals surface area contributed by atoms with Crippen molar-refractivity contribution < 1.29 is 4.79 Å². The Hall–Kier alpha value is -3.02. The van der Waals surface area contributed by atoms with Gasteiger partial charge < -0.3 is 9.88 Å². The largest absolute Gasteiger partial charge is 0.322 e. The van der Waals surface area contributed by atoms with Gasteiger partial charge in [0, 0.05) is 23.3 Å². The van der Waals surface area contributed by atoms with Gasteiger partial charge in [0.25, 0.3) is 5.91 Å². The van der Waals surface area contributed by atoms with Crippen LogP contribution in [-0.2, 0) is 6.42 Å². The molecule has 0 saturated heterocycles. The molecule has 6 heteroatoms. The standard InChI is InChI=1S/C19H21N5O/c1-5-18-17(10-20-14(4)22-18)19(25)23-15-6-8-16(9-7-15)24-11-21-12(2)13(24)3/h6-11H,5H2,1-4H3,(H,23,25). The van der Waals surface area contributed by atoms with Crippen LogP contribution in [0.4, 0.5) is 5.69 Å². The lowest BCUT2D eigenvalue weighted by Crippen LogP contribution is -2.16. The first-order valence-corrected chi connectivity index (χ1v) is 8.24. The van der Waals surface area contributed by atoms with Crippen LogP contribution in [0.25, 0.3) is 5.69 Å². The summed E-state index contributed by atoms with van der Waals surface area (Å²) in [5.41, 5.74) is 5.10.